The summed E-state index contributed by atoms with van der Waals surface area (Å²) in [7, 11) is 0. The van der Waals surface area contributed by atoms with E-state index >= 15 is 0 Å². The minimum absolute atomic E-state index is 0.292. The molecule has 3 saturated carbocycles. The van der Waals surface area contributed by atoms with Crippen molar-refractivity contribution in [1.29, 1.82) is 0 Å². The Bertz CT molecular complexity index is 300. The maximum absolute atomic E-state index is 11.4. The number of carbonyl (C=O) groups excluding carboxylic acids is 1. The molecule has 3 aliphatic carbocycles. The van der Waals surface area contributed by atoms with Crippen molar-refractivity contribution in [3.63, 3.8) is 0 Å². The third-order valence-corrected chi connectivity index (χ3v) is 5.83. The molecule has 1 N–H and O–H groups in total. The van der Waals surface area contributed by atoms with Gasteiger partial charge in [0.1, 0.15) is 6.29 Å². The molecule has 19 heavy (non-hydrogen) atoms. The standard InChI is InChI=1S/C17H29NO/c1-2-4-17(16(11-19)12-7-8-12)18-15-9-13-5-3-6-14(13)10-15/h11-18H,2-10H2,1H3/t13-,14+,15?,16?,17-/m0/s1. The second-order valence-corrected chi connectivity index (χ2v) is 7.23. The molecule has 0 amide bonds. The highest BCUT2D eigenvalue weighted by molar-refractivity contribution is 5.56. The summed E-state index contributed by atoms with van der Waals surface area (Å²) in [5.41, 5.74) is 0. The number of hydrogen-bond donors (Lipinski definition) is 1. The SMILES string of the molecule is CCC[C@H](NC1C[C@H]2CCC[C@H]2C1)C(C=O)C1CC1. The summed E-state index contributed by atoms with van der Waals surface area (Å²) >= 11 is 0. The van der Waals surface area contributed by atoms with Gasteiger partial charge in [0.2, 0.25) is 0 Å². The van der Waals surface area contributed by atoms with E-state index in [0.29, 0.717) is 23.9 Å². The molecule has 108 valence electrons. The molecule has 2 unspecified atom stereocenters. The monoisotopic (exact) mass is 263 g/mol. The fourth-order valence-electron chi connectivity index (χ4n) is 4.71. The van der Waals surface area contributed by atoms with E-state index < -0.39 is 0 Å². The molecule has 0 aliphatic heterocycles. The van der Waals surface area contributed by atoms with Gasteiger partial charge in [-0.3, -0.25) is 0 Å². The molecule has 3 aliphatic rings. The second kappa shape index (κ2) is 5.95. The smallest absolute Gasteiger partial charge is 0.124 e. The van der Waals surface area contributed by atoms with E-state index in [4.69, 9.17) is 0 Å². The first-order valence-electron chi connectivity index (χ1n) is 8.53. The zero-order valence-corrected chi connectivity index (χ0v) is 12.3. The molecule has 2 nitrogen and oxygen atoms in total. The van der Waals surface area contributed by atoms with E-state index in [1.807, 2.05) is 0 Å². The normalized spacial score (nSPS) is 37.0. The van der Waals surface area contributed by atoms with Gasteiger partial charge >= 0.3 is 0 Å². The Morgan fingerprint density at radius 2 is 1.84 bits per heavy atom. The molecular weight excluding hydrogens is 234 g/mol. The van der Waals surface area contributed by atoms with Crippen LogP contribution in [0.2, 0.25) is 0 Å². The van der Waals surface area contributed by atoms with Gasteiger partial charge in [0, 0.05) is 18.0 Å². The van der Waals surface area contributed by atoms with Gasteiger partial charge in [-0.1, -0.05) is 32.6 Å². The summed E-state index contributed by atoms with van der Waals surface area (Å²) < 4.78 is 0. The molecular formula is C17H29NO. The third-order valence-electron chi connectivity index (χ3n) is 5.83. The number of fused-ring (bicyclic) bond motifs is 1. The van der Waals surface area contributed by atoms with Crippen LogP contribution in [0.1, 0.15) is 64.7 Å². The van der Waals surface area contributed by atoms with Crippen molar-refractivity contribution in [3.8, 4) is 0 Å². The van der Waals surface area contributed by atoms with E-state index in [0.717, 1.165) is 11.8 Å². The van der Waals surface area contributed by atoms with E-state index in [2.05, 4.69) is 12.2 Å². The first kappa shape index (κ1) is 13.6. The molecule has 0 aromatic heterocycles. The Labute approximate surface area is 117 Å². The van der Waals surface area contributed by atoms with Crippen LogP contribution in [0.5, 0.6) is 0 Å². The van der Waals surface area contributed by atoms with Crippen LogP contribution in [-0.4, -0.2) is 18.4 Å². The zero-order valence-electron chi connectivity index (χ0n) is 12.3. The van der Waals surface area contributed by atoms with Crippen LogP contribution in [0.4, 0.5) is 0 Å². The molecule has 0 aromatic rings. The minimum Gasteiger partial charge on any atom is -0.310 e. The van der Waals surface area contributed by atoms with Crippen LogP contribution in [0.15, 0.2) is 0 Å². The average Bonchev–Trinajstić information content (AvgIpc) is 3.00. The van der Waals surface area contributed by atoms with Gasteiger partial charge in [0.25, 0.3) is 0 Å². The van der Waals surface area contributed by atoms with Crippen LogP contribution in [0, 0.1) is 23.7 Å². The molecule has 0 spiro atoms. The van der Waals surface area contributed by atoms with Crippen LogP contribution >= 0.6 is 0 Å². The van der Waals surface area contributed by atoms with Crippen molar-refractivity contribution >= 4 is 6.29 Å². The quantitative estimate of drug-likeness (QED) is 0.712. The molecule has 0 radical (unpaired) electrons. The van der Waals surface area contributed by atoms with Crippen LogP contribution in [0.3, 0.4) is 0 Å². The van der Waals surface area contributed by atoms with Crippen molar-refractivity contribution in [1.82, 2.24) is 5.32 Å². The molecule has 0 saturated heterocycles. The second-order valence-electron chi connectivity index (χ2n) is 7.23. The lowest BCUT2D eigenvalue weighted by Gasteiger charge is -2.28. The van der Waals surface area contributed by atoms with Gasteiger partial charge < -0.3 is 10.1 Å². The highest BCUT2D eigenvalue weighted by Gasteiger charge is 2.41. The van der Waals surface area contributed by atoms with Crippen LogP contribution in [0.25, 0.3) is 0 Å². The van der Waals surface area contributed by atoms with E-state index in [-0.39, 0.29) is 0 Å². The number of aldehydes is 1. The molecule has 0 aromatic carbocycles. The Morgan fingerprint density at radius 3 is 2.37 bits per heavy atom. The van der Waals surface area contributed by atoms with E-state index in [1.54, 1.807) is 0 Å². The van der Waals surface area contributed by atoms with Crippen molar-refractivity contribution < 1.29 is 4.79 Å². The van der Waals surface area contributed by atoms with Gasteiger partial charge in [-0.2, -0.15) is 0 Å². The van der Waals surface area contributed by atoms with Crippen LogP contribution < -0.4 is 5.32 Å². The Morgan fingerprint density at radius 1 is 1.16 bits per heavy atom. The summed E-state index contributed by atoms with van der Waals surface area (Å²) in [4.78, 5) is 11.4. The lowest BCUT2D eigenvalue weighted by atomic mass is 9.91. The Balaban J connectivity index is 1.56. The highest BCUT2D eigenvalue weighted by atomic mass is 16.1. The van der Waals surface area contributed by atoms with Crippen molar-refractivity contribution in [2.75, 3.05) is 0 Å². The third kappa shape index (κ3) is 3.04. The first-order valence-corrected chi connectivity index (χ1v) is 8.53. The largest absolute Gasteiger partial charge is 0.310 e. The van der Waals surface area contributed by atoms with Crippen molar-refractivity contribution in [3.05, 3.63) is 0 Å². The van der Waals surface area contributed by atoms with E-state index in [1.165, 1.54) is 64.1 Å². The number of rotatable bonds is 7. The van der Waals surface area contributed by atoms with E-state index in [9.17, 15) is 4.79 Å². The minimum atomic E-state index is 0.292. The molecule has 0 bridgehead atoms. The molecule has 3 fully saturated rings. The maximum Gasteiger partial charge on any atom is 0.124 e. The maximum atomic E-state index is 11.4. The predicted molar refractivity (Wildman–Crippen MR) is 78.0 cm³/mol. The molecule has 2 heteroatoms. The lowest BCUT2D eigenvalue weighted by molar-refractivity contribution is -0.112. The summed E-state index contributed by atoms with van der Waals surface area (Å²) in [6.45, 7) is 2.24. The Kier molecular flexibility index (Phi) is 4.26. The summed E-state index contributed by atoms with van der Waals surface area (Å²) in [5.74, 6) is 2.98. The summed E-state index contributed by atoms with van der Waals surface area (Å²) in [6.07, 6.45) is 13.3. The van der Waals surface area contributed by atoms with Crippen LogP contribution in [-0.2, 0) is 4.79 Å². The highest BCUT2D eigenvalue weighted by Crippen LogP contribution is 2.45. The van der Waals surface area contributed by atoms with Gasteiger partial charge in [-0.25, -0.2) is 0 Å². The van der Waals surface area contributed by atoms with Gasteiger partial charge in [-0.15, -0.1) is 0 Å². The lowest BCUT2D eigenvalue weighted by Crippen LogP contribution is -2.43. The molecule has 5 atom stereocenters. The van der Waals surface area contributed by atoms with Gasteiger partial charge in [0.15, 0.2) is 0 Å². The average molecular weight is 263 g/mol. The summed E-state index contributed by atoms with van der Waals surface area (Å²) in [5, 5.41) is 3.89. The molecule has 0 heterocycles. The van der Waals surface area contributed by atoms with Gasteiger partial charge in [0.05, 0.1) is 0 Å². The number of nitrogens with one attached hydrogen (secondary N) is 1. The van der Waals surface area contributed by atoms with Crippen molar-refractivity contribution in [2.24, 2.45) is 23.7 Å². The zero-order chi connectivity index (χ0) is 13.2. The molecule has 3 rings (SSSR count). The fourth-order valence-corrected chi connectivity index (χ4v) is 4.71. The fraction of sp³-hybridized carbons (Fsp3) is 0.941. The topological polar surface area (TPSA) is 29.1 Å². The predicted octanol–water partition coefficient (Wildman–Crippen LogP) is 3.55. The summed E-state index contributed by atoms with van der Waals surface area (Å²) in [6, 6.07) is 1.16. The Hall–Kier alpha value is -0.370. The van der Waals surface area contributed by atoms with Crippen molar-refractivity contribution in [2.45, 2.75) is 76.8 Å². The first-order chi connectivity index (χ1) is 9.31. The van der Waals surface area contributed by atoms with Gasteiger partial charge in [-0.05, 0) is 49.9 Å². The number of carbonyl (C=O) groups is 1. The number of hydrogen-bond acceptors (Lipinski definition) is 2.